The van der Waals surface area contributed by atoms with Crippen molar-refractivity contribution in [2.24, 2.45) is 11.7 Å². The predicted octanol–water partition coefficient (Wildman–Crippen LogP) is 2.90. The van der Waals surface area contributed by atoms with Gasteiger partial charge >= 0.3 is 0 Å². The molecule has 2 rings (SSSR count). The summed E-state index contributed by atoms with van der Waals surface area (Å²) in [7, 11) is 1.66. The summed E-state index contributed by atoms with van der Waals surface area (Å²) in [4.78, 5) is 0. The molecule has 1 fully saturated rings. The van der Waals surface area contributed by atoms with Crippen LogP contribution in [0.4, 0.5) is 0 Å². The van der Waals surface area contributed by atoms with Crippen LogP contribution >= 0.6 is 15.9 Å². The molecule has 0 spiro atoms. The quantitative estimate of drug-likeness (QED) is 0.807. The maximum Gasteiger partial charge on any atom is 0.133 e. The summed E-state index contributed by atoms with van der Waals surface area (Å²) < 4.78 is 17.1. The van der Waals surface area contributed by atoms with E-state index < -0.39 is 0 Å². The zero-order chi connectivity index (χ0) is 14.5. The first-order valence-electron chi connectivity index (χ1n) is 6.90. The summed E-state index contributed by atoms with van der Waals surface area (Å²) in [5, 5.41) is 0. The van der Waals surface area contributed by atoms with E-state index in [0.717, 1.165) is 28.8 Å². The van der Waals surface area contributed by atoms with Crippen LogP contribution in [0.15, 0.2) is 22.7 Å². The number of benzene rings is 1. The maximum atomic E-state index is 6.34. The van der Waals surface area contributed by atoms with Crippen LogP contribution in [0, 0.1) is 5.92 Å². The van der Waals surface area contributed by atoms with Gasteiger partial charge in [-0.1, -0.05) is 6.07 Å². The minimum atomic E-state index is 0.00396. The van der Waals surface area contributed by atoms with Gasteiger partial charge in [0.2, 0.25) is 0 Å². The molecule has 1 aromatic carbocycles. The van der Waals surface area contributed by atoms with Gasteiger partial charge in [-0.05, 0) is 47.0 Å². The predicted molar refractivity (Wildman–Crippen MR) is 82.0 cm³/mol. The van der Waals surface area contributed by atoms with Crippen LogP contribution in [-0.4, -0.2) is 33.0 Å². The first-order chi connectivity index (χ1) is 9.61. The van der Waals surface area contributed by atoms with Crippen molar-refractivity contribution in [2.75, 3.05) is 26.9 Å². The Kier molecular flexibility index (Phi) is 5.84. The fourth-order valence-electron chi connectivity index (χ4n) is 2.45. The third-order valence-corrected chi connectivity index (χ3v) is 4.24. The number of hydrogen-bond acceptors (Lipinski definition) is 4. The fourth-order valence-corrected chi connectivity index (χ4v) is 2.96. The molecule has 1 heterocycles. The van der Waals surface area contributed by atoms with Crippen LogP contribution in [0.25, 0.3) is 0 Å². The Hall–Kier alpha value is -0.620. The number of methoxy groups -OCH3 is 1. The number of nitrogens with two attached hydrogens (primary N) is 1. The summed E-state index contributed by atoms with van der Waals surface area (Å²) in [5.41, 5.74) is 7.45. The smallest absolute Gasteiger partial charge is 0.133 e. The molecule has 0 radical (unpaired) electrons. The Morgan fingerprint density at radius 3 is 2.85 bits per heavy atom. The molecule has 4 nitrogen and oxygen atoms in total. The van der Waals surface area contributed by atoms with Gasteiger partial charge in [0.15, 0.2) is 0 Å². The van der Waals surface area contributed by atoms with Gasteiger partial charge in [0.1, 0.15) is 12.4 Å². The van der Waals surface area contributed by atoms with Gasteiger partial charge in [-0.2, -0.15) is 0 Å². The van der Waals surface area contributed by atoms with E-state index in [1.807, 2.05) is 18.2 Å². The molecule has 3 atom stereocenters. The van der Waals surface area contributed by atoms with E-state index in [9.17, 15) is 0 Å². The lowest BCUT2D eigenvalue weighted by molar-refractivity contribution is 0.118. The fraction of sp³-hybridized carbons (Fsp3) is 0.600. The molecule has 0 saturated carbocycles. The van der Waals surface area contributed by atoms with Gasteiger partial charge < -0.3 is 19.9 Å². The summed E-state index contributed by atoms with van der Waals surface area (Å²) in [6.07, 6.45) is 1.33. The van der Waals surface area contributed by atoms with E-state index in [0.29, 0.717) is 25.2 Å². The van der Waals surface area contributed by atoms with Crippen molar-refractivity contribution in [1.29, 1.82) is 0 Å². The van der Waals surface area contributed by atoms with Crippen LogP contribution in [0.3, 0.4) is 0 Å². The van der Waals surface area contributed by atoms with E-state index in [4.69, 9.17) is 19.9 Å². The second-order valence-electron chi connectivity index (χ2n) is 5.20. The molecule has 20 heavy (non-hydrogen) atoms. The largest absolute Gasteiger partial charge is 0.490 e. The van der Waals surface area contributed by atoms with Crippen molar-refractivity contribution in [3.63, 3.8) is 0 Å². The molecule has 0 aromatic heterocycles. The normalized spacial score (nSPS) is 23.8. The van der Waals surface area contributed by atoms with E-state index in [1.54, 1.807) is 7.11 Å². The highest BCUT2D eigenvalue weighted by molar-refractivity contribution is 9.10. The number of rotatable bonds is 6. The van der Waals surface area contributed by atoms with Crippen LogP contribution in [0.2, 0.25) is 0 Å². The summed E-state index contributed by atoms with van der Waals surface area (Å²) in [6, 6.07) is 6.02. The third kappa shape index (κ3) is 3.95. The molecule has 1 aliphatic rings. The van der Waals surface area contributed by atoms with Crippen molar-refractivity contribution in [3.8, 4) is 5.75 Å². The van der Waals surface area contributed by atoms with Crippen molar-refractivity contribution in [2.45, 2.75) is 25.5 Å². The number of halogens is 1. The molecule has 2 N–H and O–H groups in total. The lowest BCUT2D eigenvalue weighted by Crippen LogP contribution is -2.21. The molecule has 1 aliphatic heterocycles. The van der Waals surface area contributed by atoms with Gasteiger partial charge in [0.05, 0.1) is 23.8 Å². The highest BCUT2D eigenvalue weighted by atomic mass is 79.9. The lowest BCUT2D eigenvalue weighted by atomic mass is 9.92. The zero-order valence-corrected chi connectivity index (χ0v) is 13.6. The van der Waals surface area contributed by atoms with Crippen LogP contribution in [0.5, 0.6) is 5.75 Å². The van der Waals surface area contributed by atoms with Crippen molar-refractivity contribution >= 4 is 15.9 Å². The second-order valence-corrected chi connectivity index (χ2v) is 6.05. The monoisotopic (exact) mass is 343 g/mol. The average molecular weight is 344 g/mol. The molecule has 3 unspecified atom stereocenters. The van der Waals surface area contributed by atoms with Gasteiger partial charge in [0.25, 0.3) is 0 Å². The number of hydrogen-bond donors (Lipinski definition) is 1. The lowest BCUT2D eigenvalue weighted by Gasteiger charge is -2.19. The first-order valence-corrected chi connectivity index (χ1v) is 7.69. The van der Waals surface area contributed by atoms with Gasteiger partial charge in [-0.25, -0.2) is 0 Å². The van der Waals surface area contributed by atoms with Crippen LogP contribution in [-0.2, 0) is 9.47 Å². The Morgan fingerprint density at radius 1 is 1.45 bits per heavy atom. The van der Waals surface area contributed by atoms with E-state index in [1.165, 1.54) is 0 Å². The SMILES string of the molecule is COCCOc1ccc(C(N)C2COC(C)C2)cc1Br. The Labute approximate surface area is 128 Å². The zero-order valence-electron chi connectivity index (χ0n) is 12.0. The average Bonchev–Trinajstić information content (AvgIpc) is 2.86. The maximum absolute atomic E-state index is 6.34. The summed E-state index contributed by atoms with van der Waals surface area (Å²) in [5.74, 6) is 1.20. The van der Waals surface area contributed by atoms with Crippen LogP contribution < -0.4 is 10.5 Å². The van der Waals surface area contributed by atoms with Crippen LogP contribution in [0.1, 0.15) is 24.9 Å². The second kappa shape index (κ2) is 7.41. The molecule has 1 aromatic rings. The molecular weight excluding hydrogens is 322 g/mol. The molecule has 1 saturated heterocycles. The molecule has 0 bridgehead atoms. The first kappa shape index (κ1) is 15.8. The highest BCUT2D eigenvalue weighted by Crippen LogP contribution is 2.33. The van der Waals surface area contributed by atoms with Gasteiger partial charge in [-0.3, -0.25) is 0 Å². The van der Waals surface area contributed by atoms with Crippen molar-refractivity contribution in [1.82, 2.24) is 0 Å². The van der Waals surface area contributed by atoms with Gasteiger partial charge in [0, 0.05) is 19.1 Å². The standard InChI is InChI=1S/C15H22BrNO3/c1-10-7-12(9-20-10)15(17)11-3-4-14(13(16)8-11)19-6-5-18-2/h3-4,8,10,12,15H,5-7,9,17H2,1-2H3. The van der Waals surface area contributed by atoms with Crippen molar-refractivity contribution in [3.05, 3.63) is 28.2 Å². The highest BCUT2D eigenvalue weighted by Gasteiger charge is 2.28. The molecule has 0 aliphatic carbocycles. The summed E-state index contributed by atoms with van der Waals surface area (Å²) >= 11 is 3.54. The Balaban J connectivity index is 2.00. The molecular formula is C15H22BrNO3. The molecule has 5 heteroatoms. The Morgan fingerprint density at radius 2 is 2.25 bits per heavy atom. The van der Waals surface area contributed by atoms with E-state index >= 15 is 0 Å². The molecule has 112 valence electrons. The summed E-state index contributed by atoms with van der Waals surface area (Å²) in [6.45, 7) is 3.95. The topological polar surface area (TPSA) is 53.7 Å². The number of ether oxygens (including phenoxy) is 3. The minimum absolute atomic E-state index is 0.00396. The van der Waals surface area contributed by atoms with Crippen molar-refractivity contribution < 1.29 is 14.2 Å². The molecule has 0 amide bonds. The van der Waals surface area contributed by atoms with E-state index in [2.05, 4.69) is 22.9 Å². The van der Waals surface area contributed by atoms with E-state index in [-0.39, 0.29) is 6.04 Å². The minimum Gasteiger partial charge on any atom is -0.490 e. The van der Waals surface area contributed by atoms with Gasteiger partial charge in [-0.15, -0.1) is 0 Å². The third-order valence-electron chi connectivity index (χ3n) is 3.62. The Bertz CT molecular complexity index is 441.